The van der Waals surface area contributed by atoms with Crippen LogP contribution in [-0.2, 0) is 10.2 Å². The van der Waals surface area contributed by atoms with Crippen molar-refractivity contribution in [3.05, 3.63) is 23.8 Å². The predicted molar refractivity (Wildman–Crippen MR) is 107 cm³/mol. The average molecular weight is 348 g/mol. The Morgan fingerprint density at radius 3 is 2.08 bits per heavy atom. The summed E-state index contributed by atoms with van der Waals surface area (Å²) in [6.45, 7) is 8.60. The number of phenols is 1. The fourth-order valence-electron chi connectivity index (χ4n) is 2.91. The molecule has 1 aromatic rings. The number of hydrogen-bond acceptors (Lipinski definition) is 2. The molecule has 0 bridgehead atoms. The largest absolute Gasteiger partial charge is 0.506 e. The lowest BCUT2D eigenvalue weighted by Crippen LogP contribution is -2.14. The second kappa shape index (κ2) is 11.2. The van der Waals surface area contributed by atoms with Gasteiger partial charge < -0.3 is 10.4 Å². The van der Waals surface area contributed by atoms with Gasteiger partial charge in [-0.3, -0.25) is 4.79 Å². The van der Waals surface area contributed by atoms with Crippen molar-refractivity contribution < 1.29 is 9.90 Å². The van der Waals surface area contributed by atoms with E-state index in [0.717, 1.165) is 18.4 Å². The van der Waals surface area contributed by atoms with Gasteiger partial charge >= 0.3 is 0 Å². The molecule has 0 fully saturated rings. The molecule has 142 valence electrons. The molecule has 0 saturated heterocycles. The molecule has 0 aliphatic rings. The van der Waals surface area contributed by atoms with E-state index in [9.17, 15) is 9.90 Å². The third-order valence-corrected chi connectivity index (χ3v) is 4.64. The van der Waals surface area contributed by atoms with Crippen LogP contribution in [0.5, 0.6) is 5.75 Å². The fraction of sp³-hybridized carbons (Fsp3) is 0.682. The second-order valence-corrected chi connectivity index (χ2v) is 8.11. The van der Waals surface area contributed by atoms with E-state index in [1.807, 2.05) is 12.1 Å². The number of carbonyl (C=O) groups excluding carboxylic acids is 1. The molecule has 0 heterocycles. The van der Waals surface area contributed by atoms with Gasteiger partial charge in [0.15, 0.2) is 0 Å². The Labute approximate surface area is 154 Å². The lowest BCUT2D eigenvalue weighted by atomic mass is 9.87. The summed E-state index contributed by atoms with van der Waals surface area (Å²) < 4.78 is 0. The molecule has 1 rings (SSSR count). The molecule has 0 saturated carbocycles. The van der Waals surface area contributed by atoms with Gasteiger partial charge in [-0.25, -0.2) is 0 Å². The van der Waals surface area contributed by atoms with E-state index in [2.05, 4.69) is 33.0 Å². The maximum absolute atomic E-state index is 12.1. The fourth-order valence-corrected chi connectivity index (χ4v) is 2.91. The number of anilines is 1. The highest BCUT2D eigenvalue weighted by atomic mass is 16.3. The summed E-state index contributed by atoms with van der Waals surface area (Å²) in [4.78, 5) is 12.1. The van der Waals surface area contributed by atoms with Gasteiger partial charge in [0.2, 0.25) is 5.91 Å². The van der Waals surface area contributed by atoms with E-state index < -0.39 is 0 Å². The first kappa shape index (κ1) is 21.5. The van der Waals surface area contributed by atoms with Gasteiger partial charge in [0.25, 0.3) is 0 Å². The summed E-state index contributed by atoms with van der Waals surface area (Å²) in [5.41, 5.74) is 1.61. The normalized spacial score (nSPS) is 11.5. The van der Waals surface area contributed by atoms with Crippen LogP contribution >= 0.6 is 0 Å². The van der Waals surface area contributed by atoms with Crippen LogP contribution in [0.2, 0.25) is 0 Å². The van der Waals surface area contributed by atoms with Crippen LogP contribution in [0, 0.1) is 0 Å². The van der Waals surface area contributed by atoms with Crippen molar-refractivity contribution in [3.63, 3.8) is 0 Å². The molecule has 1 amide bonds. The standard InChI is InChI=1S/C22H37NO2/c1-5-6-7-8-9-10-11-12-13-14-21(25)23-19-17-18(22(2,3)4)15-16-20(19)24/h15-17,24H,5-14H2,1-4H3,(H,23,25). The highest BCUT2D eigenvalue weighted by Crippen LogP contribution is 2.30. The number of rotatable bonds is 11. The first-order chi connectivity index (χ1) is 11.8. The van der Waals surface area contributed by atoms with Crippen molar-refractivity contribution in [3.8, 4) is 5.75 Å². The lowest BCUT2D eigenvalue weighted by molar-refractivity contribution is -0.116. The topological polar surface area (TPSA) is 49.3 Å². The summed E-state index contributed by atoms with van der Waals surface area (Å²) in [5.74, 6) is 0.123. The Bertz CT molecular complexity index is 517. The quantitative estimate of drug-likeness (QED) is 0.352. The zero-order valence-corrected chi connectivity index (χ0v) is 16.7. The Morgan fingerprint density at radius 1 is 0.960 bits per heavy atom. The van der Waals surface area contributed by atoms with Gasteiger partial charge in [-0.15, -0.1) is 0 Å². The molecule has 3 heteroatoms. The molecule has 25 heavy (non-hydrogen) atoms. The molecule has 0 aliphatic carbocycles. The summed E-state index contributed by atoms with van der Waals surface area (Å²) in [6, 6.07) is 5.45. The van der Waals surface area contributed by atoms with Crippen LogP contribution in [0.1, 0.15) is 97.5 Å². The first-order valence-electron chi connectivity index (χ1n) is 9.98. The molecule has 2 N–H and O–H groups in total. The van der Waals surface area contributed by atoms with Gasteiger partial charge in [-0.2, -0.15) is 0 Å². The molecule has 1 aromatic carbocycles. The smallest absolute Gasteiger partial charge is 0.224 e. The van der Waals surface area contributed by atoms with Crippen molar-refractivity contribution in [2.75, 3.05) is 5.32 Å². The number of carbonyl (C=O) groups is 1. The van der Waals surface area contributed by atoms with Crippen LogP contribution in [0.25, 0.3) is 0 Å². The van der Waals surface area contributed by atoms with Gasteiger partial charge in [0, 0.05) is 6.42 Å². The number of unbranched alkanes of at least 4 members (excludes halogenated alkanes) is 8. The zero-order chi connectivity index (χ0) is 18.7. The predicted octanol–water partition coefficient (Wildman–Crippen LogP) is 6.55. The third-order valence-electron chi connectivity index (χ3n) is 4.64. The van der Waals surface area contributed by atoms with Crippen molar-refractivity contribution in [1.82, 2.24) is 0 Å². The van der Waals surface area contributed by atoms with Gasteiger partial charge in [0.05, 0.1) is 5.69 Å². The number of benzene rings is 1. The van der Waals surface area contributed by atoms with Crippen LogP contribution in [0.3, 0.4) is 0 Å². The van der Waals surface area contributed by atoms with Crippen LogP contribution in [0.4, 0.5) is 5.69 Å². The number of hydrogen-bond donors (Lipinski definition) is 2. The minimum absolute atomic E-state index is 0.00962. The van der Waals surface area contributed by atoms with Crippen molar-refractivity contribution in [2.24, 2.45) is 0 Å². The minimum atomic E-state index is -0.00990. The minimum Gasteiger partial charge on any atom is -0.506 e. The molecule has 0 aromatic heterocycles. The van der Waals surface area contributed by atoms with E-state index in [-0.39, 0.29) is 17.1 Å². The molecule has 0 unspecified atom stereocenters. The molecule has 0 atom stereocenters. The zero-order valence-electron chi connectivity index (χ0n) is 16.7. The van der Waals surface area contributed by atoms with E-state index in [1.54, 1.807) is 6.07 Å². The van der Waals surface area contributed by atoms with Crippen molar-refractivity contribution in [2.45, 2.75) is 97.3 Å². The maximum Gasteiger partial charge on any atom is 0.224 e. The van der Waals surface area contributed by atoms with Crippen molar-refractivity contribution >= 4 is 11.6 Å². The summed E-state index contributed by atoms with van der Waals surface area (Å²) in [5, 5.41) is 12.8. The van der Waals surface area contributed by atoms with Gasteiger partial charge in [0.1, 0.15) is 5.75 Å². The van der Waals surface area contributed by atoms with Gasteiger partial charge in [-0.05, 0) is 29.5 Å². The van der Waals surface area contributed by atoms with Crippen LogP contribution in [-0.4, -0.2) is 11.0 Å². The number of amides is 1. The highest BCUT2D eigenvalue weighted by Gasteiger charge is 2.16. The summed E-state index contributed by atoms with van der Waals surface area (Å²) >= 11 is 0. The van der Waals surface area contributed by atoms with Crippen molar-refractivity contribution in [1.29, 1.82) is 0 Å². The number of phenolic OH excluding ortho intramolecular Hbond substituents is 1. The molecule has 3 nitrogen and oxygen atoms in total. The first-order valence-corrected chi connectivity index (χ1v) is 9.98. The molecular formula is C22H37NO2. The second-order valence-electron chi connectivity index (χ2n) is 8.11. The Morgan fingerprint density at radius 2 is 1.52 bits per heavy atom. The molecule has 0 spiro atoms. The summed E-state index contributed by atoms with van der Waals surface area (Å²) in [7, 11) is 0. The van der Waals surface area contributed by atoms with Crippen LogP contribution < -0.4 is 5.32 Å². The number of aromatic hydroxyl groups is 1. The number of nitrogens with one attached hydrogen (secondary N) is 1. The Kier molecular flexibility index (Phi) is 9.62. The SMILES string of the molecule is CCCCCCCCCCCC(=O)Nc1cc(C(C)(C)C)ccc1O. The van der Waals surface area contributed by atoms with Gasteiger partial charge in [-0.1, -0.05) is 85.1 Å². The summed E-state index contributed by atoms with van der Waals surface area (Å²) in [6.07, 6.45) is 11.7. The maximum atomic E-state index is 12.1. The average Bonchev–Trinajstić information content (AvgIpc) is 2.54. The van der Waals surface area contributed by atoms with E-state index in [1.165, 1.54) is 44.9 Å². The highest BCUT2D eigenvalue weighted by molar-refractivity contribution is 5.92. The van der Waals surface area contributed by atoms with E-state index in [4.69, 9.17) is 0 Å². The molecular weight excluding hydrogens is 310 g/mol. The Hall–Kier alpha value is -1.51. The molecule has 0 aliphatic heterocycles. The van der Waals surface area contributed by atoms with E-state index >= 15 is 0 Å². The molecule has 0 radical (unpaired) electrons. The lowest BCUT2D eigenvalue weighted by Gasteiger charge is -2.20. The van der Waals surface area contributed by atoms with E-state index in [0.29, 0.717) is 12.1 Å². The monoisotopic (exact) mass is 347 g/mol. The Balaban J connectivity index is 2.26. The van der Waals surface area contributed by atoms with Crippen LogP contribution in [0.15, 0.2) is 18.2 Å². The third kappa shape index (κ3) is 8.94.